The van der Waals surface area contributed by atoms with Crippen molar-refractivity contribution in [2.45, 2.75) is 13.3 Å². The second-order valence-corrected chi connectivity index (χ2v) is 3.58. The van der Waals surface area contributed by atoms with E-state index in [1.165, 1.54) is 0 Å². The van der Waals surface area contributed by atoms with Gasteiger partial charge in [-0.25, -0.2) is 4.98 Å². The molecule has 0 fully saturated rings. The summed E-state index contributed by atoms with van der Waals surface area (Å²) in [5.74, 6) is 1.40. The molecule has 0 spiro atoms. The lowest BCUT2D eigenvalue weighted by Crippen LogP contribution is -2.13. The maximum absolute atomic E-state index is 5.86. The molecule has 0 saturated carbocycles. The molecule has 0 aliphatic rings. The highest BCUT2D eigenvalue weighted by molar-refractivity contribution is 6.29. The molecule has 0 atom stereocenters. The third-order valence-electron chi connectivity index (χ3n) is 1.67. The van der Waals surface area contributed by atoms with Crippen LogP contribution in [0.1, 0.15) is 13.3 Å². The molecule has 1 N–H and O–H groups in total. The van der Waals surface area contributed by atoms with Crippen LogP contribution in [0.15, 0.2) is 6.07 Å². The van der Waals surface area contributed by atoms with Crippen LogP contribution in [0.4, 0.5) is 11.8 Å². The molecule has 1 aromatic heterocycles. The number of hydrogen-bond donors (Lipinski definition) is 1. The van der Waals surface area contributed by atoms with Crippen molar-refractivity contribution in [1.82, 2.24) is 9.97 Å². The molecular weight excluding hydrogens is 200 g/mol. The summed E-state index contributed by atoms with van der Waals surface area (Å²) < 4.78 is 0. The molecule has 1 heterocycles. The third kappa shape index (κ3) is 3.03. The van der Waals surface area contributed by atoms with Gasteiger partial charge in [-0.05, 0) is 6.42 Å². The Labute approximate surface area is 89.3 Å². The van der Waals surface area contributed by atoms with Gasteiger partial charge in [0.1, 0.15) is 11.0 Å². The fourth-order valence-electron chi connectivity index (χ4n) is 0.951. The largest absolute Gasteiger partial charge is 0.363 e. The summed E-state index contributed by atoms with van der Waals surface area (Å²) >= 11 is 5.86. The highest BCUT2D eigenvalue weighted by Crippen LogP contribution is 2.15. The van der Waals surface area contributed by atoms with Gasteiger partial charge in [-0.1, -0.05) is 18.5 Å². The van der Waals surface area contributed by atoms with Crippen molar-refractivity contribution in [2.75, 3.05) is 30.9 Å². The number of aromatic nitrogens is 2. The standard InChI is InChI=1S/C9H15ClN4/c1-4-5-11-9-12-7(10)6-8(13-9)14(2)3/h6H,4-5H2,1-3H3,(H,11,12,13). The molecule has 1 rings (SSSR count). The number of nitrogens with zero attached hydrogens (tertiary/aromatic N) is 3. The molecule has 5 heteroatoms. The van der Waals surface area contributed by atoms with E-state index >= 15 is 0 Å². The SMILES string of the molecule is CCCNc1nc(Cl)cc(N(C)C)n1. The zero-order valence-electron chi connectivity index (χ0n) is 8.71. The highest BCUT2D eigenvalue weighted by Gasteiger charge is 2.03. The van der Waals surface area contributed by atoms with Crippen LogP contribution in [0.3, 0.4) is 0 Å². The predicted molar refractivity (Wildman–Crippen MR) is 60.1 cm³/mol. The molecule has 0 aliphatic carbocycles. The Morgan fingerprint density at radius 2 is 2.14 bits per heavy atom. The van der Waals surface area contributed by atoms with E-state index in [1.807, 2.05) is 19.0 Å². The first-order chi connectivity index (χ1) is 6.63. The monoisotopic (exact) mass is 214 g/mol. The van der Waals surface area contributed by atoms with E-state index in [0.717, 1.165) is 18.8 Å². The van der Waals surface area contributed by atoms with Gasteiger partial charge in [0.2, 0.25) is 5.95 Å². The van der Waals surface area contributed by atoms with Crippen LogP contribution < -0.4 is 10.2 Å². The molecule has 0 bridgehead atoms. The van der Waals surface area contributed by atoms with E-state index in [0.29, 0.717) is 11.1 Å². The van der Waals surface area contributed by atoms with Crippen LogP contribution in [-0.4, -0.2) is 30.6 Å². The molecule has 0 unspecified atom stereocenters. The van der Waals surface area contributed by atoms with Crippen molar-refractivity contribution < 1.29 is 0 Å². The predicted octanol–water partition coefficient (Wildman–Crippen LogP) is 2.02. The molecule has 0 aliphatic heterocycles. The Hall–Kier alpha value is -1.03. The number of halogens is 1. The highest BCUT2D eigenvalue weighted by atomic mass is 35.5. The van der Waals surface area contributed by atoms with Gasteiger partial charge in [0, 0.05) is 26.7 Å². The number of rotatable bonds is 4. The number of hydrogen-bond acceptors (Lipinski definition) is 4. The molecular formula is C9H15ClN4. The molecule has 1 aromatic rings. The van der Waals surface area contributed by atoms with Gasteiger partial charge in [-0.3, -0.25) is 0 Å². The molecule has 0 radical (unpaired) electrons. The Morgan fingerprint density at radius 1 is 1.43 bits per heavy atom. The first-order valence-corrected chi connectivity index (χ1v) is 4.97. The summed E-state index contributed by atoms with van der Waals surface area (Å²) in [6.07, 6.45) is 1.03. The van der Waals surface area contributed by atoms with E-state index in [1.54, 1.807) is 6.07 Å². The fraction of sp³-hybridized carbons (Fsp3) is 0.556. The Morgan fingerprint density at radius 3 is 2.71 bits per heavy atom. The topological polar surface area (TPSA) is 41.1 Å². The van der Waals surface area contributed by atoms with Crippen molar-refractivity contribution in [3.8, 4) is 0 Å². The average molecular weight is 215 g/mol. The van der Waals surface area contributed by atoms with Crippen molar-refractivity contribution >= 4 is 23.4 Å². The summed E-state index contributed by atoms with van der Waals surface area (Å²) in [5, 5.41) is 3.56. The summed E-state index contributed by atoms with van der Waals surface area (Å²) in [7, 11) is 3.84. The van der Waals surface area contributed by atoms with Crippen molar-refractivity contribution in [3.63, 3.8) is 0 Å². The molecule has 78 valence electrons. The van der Waals surface area contributed by atoms with Gasteiger partial charge in [-0.15, -0.1) is 0 Å². The molecule has 0 saturated heterocycles. The van der Waals surface area contributed by atoms with Crippen molar-refractivity contribution in [1.29, 1.82) is 0 Å². The lowest BCUT2D eigenvalue weighted by atomic mass is 10.5. The molecule has 0 aromatic carbocycles. The van der Waals surface area contributed by atoms with Gasteiger partial charge in [0.15, 0.2) is 0 Å². The van der Waals surface area contributed by atoms with Gasteiger partial charge >= 0.3 is 0 Å². The van der Waals surface area contributed by atoms with Crippen LogP contribution in [0.25, 0.3) is 0 Å². The minimum absolute atomic E-state index is 0.460. The van der Waals surface area contributed by atoms with Crippen LogP contribution >= 0.6 is 11.6 Å². The minimum atomic E-state index is 0.460. The summed E-state index contributed by atoms with van der Waals surface area (Å²) in [4.78, 5) is 10.3. The minimum Gasteiger partial charge on any atom is -0.363 e. The second kappa shape index (κ2) is 5.00. The van der Waals surface area contributed by atoms with Crippen LogP contribution in [0, 0.1) is 0 Å². The first kappa shape index (κ1) is 11.0. The first-order valence-electron chi connectivity index (χ1n) is 4.59. The molecule has 14 heavy (non-hydrogen) atoms. The maximum atomic E-state index is 5.86. The maximum Gasteiger partial charge on any atom is 0.226 e. The lowest BCUT2D eigenvalue weighted by molar-refractivity contribution is 0.944. The summed E-state index contributed by atoms with van der Waals surface area (Å²) in [6.45, 7) is 2.94. The van der Waals surface area contributed by atoms with Crippen LogP contribution in [0.2, 0.25) is 5.15 Å². The zero-order valence-corrected chi connectivity index (χ0v) is 9.47. The second-order valence-electron chi connectivity index (χ2n) is 3.19. The smallest absolute Gasteiger partial charge is 0.226 e. The van der Waals surface area contributed by atoms with Crippen molar-refractivity contribution in [2.24, 2.45) is 0 Å². The Balaban J connectivity index is 2.84. The normalized spacial score (nSPS) is 10.0. The summed E-state index contributed by atoms with van der Waals surface area (Å²) in [5.41, 5.74) is 0. The van der Waals surface area contributed by atoms with Gasteiger partial charge in [0.25, 0.3) is 0 Å². The average Bonchev–Trinajstić information content (AvgIpc) is 2.14. The molecule has 0 amide bonds. The van der Waals surface area contributed by atoms with Gasteiger partial charge in [-0.2, -0.15) is 4.98 Å². The summed E-state index contributed by atoms with van der Waals surface area (Å²) in [6, 6.07) is 1.73. The quantitative estimate of drug-likeness (QED) is 0.779. The number of nitrogens with one attached hydrogen (secondary N) is 1. The van der Waals surface area contributed by atoms with Gasteiger partial charge in [0.05, 0.1) is 0 Å². The van der Waals surface area contributed by atoms with E-state index in [-0.39, 0.29) is 0 Å². The Kier molecular flexibility index (Phi) is 3.95. The van der Waals surface area contributed by atoms with Crippen LogP contribution in [0.5, 0.6) is 0 Å². The van der Waals surface area contributed by atoms with E-state index in [4.69, 9.17) is 11.6 Å². The van der Waals surface area contributed by atoms with E-state index in [9.17, 15) is 0 Å². The molecule has 4 nitrogen and oxygen atoms in total. The van der Waals surface area contributed by atoms with Crippen molar-refractivity contribution in [3.05, 3.63) is 11.2 Å². The zero-order chi connectivity index (χ0) is 10.6. The van der Waals surface area contributed by atoms with E-state index in [2.05, 4.69) is 22.2 Å². The Bertz CT molecular complexity index is 301. The fourth-order valence-corrected chi connectivity index (χ4v) is 1.13. The third-order valence-corrected chi connectivity index (χ3v) is 1.87. The number of anilines is 2. The van der Waals surface area contributed by atoms with E-state index < -0.39 is 0 Å². The lowest BCUT2D eigenvalue weighted by Gasteiger charge is -2.12. The van der Waals surface area contributed by atoms with Crippen LogP contribution in [-0.2, 0) is 0 Å². The van der Waals surface area contributed by atoms with Gasteiger partial charge < -0.3 is 10.2 Å².